The molecule has 1 heterocycles. The third-order valence-electron chi connectivity index (χ3n) is 5.30. The van der Waals surface area contributed by atoms with Crippen LogP contribution in [-0.2, 0) is 9.84 Å². The summed E-state index contributed by atoms with van der Waals surface area (Å²) in [5.41, 5.74) is 3.36. The van der Waals surface area contributed by atoms with E-state index in [9.17, 15) is 13.2 Å². The van der Waals surface area contributed by atoms with Crippen molar-refractivity contribution >= 4 is 43.0 Å². The monoisotopic (exact) mass is 434 g/mol. The molecule has 0 bridgehead atoms. The number of rotatable bonds is 4. The summed E-state index contributed by atoms with van der Waals surface area (Å²) in [6, 6.07) is 18.4. The Morgan fingerprint density at radius 1 is 1.00 bits per heavy atom. The zero-order valence-electron chi connectivity index (χ0n) is 16.3. The standard InChI is InChI=1S/C23H18N2O3S2/c1-13(2)30(27,28)16-9-3-8-15(12-16)22(26)25-23-24-20-17-10-4-6-14-7-5-11-18(19(14)17)21(20)29-23/h3-13H,1-2H3,(H,24,25,26). The largest absolute Gasteiger partial charge is 0.298 e. The first kappa shape index (κ1) is 19.0. The maximum Gasteiger partial charge on any atom is 0.257 e. The minimum absolute atomic E-state index is 0.146. The summed E-state index contributed by atoms with van der Waals surface area (Å²) in [6.45, 7) is 3.25. The number of fused-ring (bicyclic) bond motifs is 3. The summed E-state index contributed by atoms with van der Waals surface area (Å²) in [4.78, 5) is 18.6. The van der Waals surface area contributed by atoms with Crippen LogP contribution in [0.1, 0.15) is 24.2 Å². The zero-order chi connectivity index (χ0) is 21.0. The summed E-state index contributed by atoms with van der Waals surface area (Å²) in [5, 5.41) is 5.13. The molecule has 0 spiro atoms. The summed E-state index contributed by atoms with van der Waals surface area (Å²) >= 11 is 1.43. The van der Waals surface area contributed by atoms with E-state index in [1.807, 2.05) is 18.2 Å². The van der Waals surface area contributed by atoms with Gasteiger partial charge in [0.15, 0.2) is 15.0 Å². The summed E-state index contributed by atoms with van der Waals surface area (Å²) < 4.78 is 24.8. The van der Waals surface area contributed by atoms with Crippen molar-refractivity contribution in [2.24, 2.45) is 0 Å². The Kier molecular flexibility index (Phi) is 4.27. The molecule has 0 unspecified atom stereocenters. The SMILES string of the molecule is CC(C)S(=O)(=O)c1cccc(C(=O)Nc2nc3c(s2)-c2cccc4cccc-3c24)c1. The number of anilines is 1. The van der Waals surface area contributed by atoms with Gasteiger partial charge in [-0.05, 0) is 42.8 Å². The predicted octanol–water partition coefficient (Wildman–Crippen LogP) is 5.38. The molecule has 1 N–H and O–H groups in total. The number of hydrogen-bond donors (Lipinski definition) is 1. The Bertz CT molecular complexity index is 1380. The lowest BCUT2D eigenvalue weighted by atomic mass is 10.0. The number of nitrogens with zero attached hydrogens (tertiary/aromatic N) is 1. The molecule has 4 aromatic rings. The van der Waals surface area contributed by atoms with Crippen molar-refractivity contribution in [3.8, 4) is 21.7 Å². The van der Waals surface area contributed by atoms with Gasteiger partial charge in [0.05, 0.1) is 20.7 Å². The van der Waals surface area contributed by atoms with Crippen LogP contribution in [0.15, 0.2) is 65.6 Å². The molecule has 1 aliphatic carbocycles. The van der Waals surface area contributed by atoms with E-state index in [4.69, 9.17) is 0 Å². The maximum atomic E-state index is 12.8. The van der Waals surface area contributed by atoms with E-state index < -0.39 is 15.1 Å². The molecule has 1 aliphatic rings. The second kappa shape index (κ2) is 6.75. The molecule has 3 aromatic carbocycles. The van der Waals surface area contributed by atoms with Crippen molar-refractivity contribution in [3.63, 3.8) is 0 Å². The normalized spacial score (nSPS) is 12.4. The number of carbonyl (C=O) groups is 1. The van der Waals surface area contributed by atoms with Crippen LogP contribution in [0.25, 0.3) is 32.5 Å². The van der Waals surface area contributed by atoms with Gasteiger partial charge in [0.1, 0.15) is 0 Å². The molecule has 5 nitrogen and oxygen atoms in total. The van der Waals surface area contributed by atoms with Crippen molar-refractivity contribution in [1.82, 2.24) is 4.98 Å². The van der Waals surface area contributed by atoms with E-state index in [2.05, 4.69) is 28.5 Å². The lowest BCUT2D eigenvalue weighted by molar-refractivity contribution is 0.102. The van der Waals surface area contributed by atoms with Gasteiger partial charge in [0.2, 0.25) is 0 Å². The lowest BCUT2D eigenvalue weighted by Crippen LogP contribution is -2.16. The molecule has 0 saturated heterocycles. The molecule has 0 aliphatic heterocycles. The Morgan fingerprint density at radius 2 is 1.70 bits per heavy atom. The van der Waals surface area contributed by atoms with Crippen LogP contribution in [0.5, 0.6) is 0 Å². The minimum atomic E-state index is -3.45. The van der Waals surface area contributed by atoms with E-state index in [1.54, 1.807) is 26.0 Å². The first-order valence-corrected chi connectivity index (χ1v) is 11.9. The summed E-state index contributed by atoms with van der Waals surface area (Å²) in [5.74, 6) is -0.380. The highest BCUT2D eigenvalue weighted by molar-refractivity contribution is 7.92. The van der Waals surface area contributed by atoms with Gasteiger partial charge in [-0.2, -0.15) is 0 Å². The van der Waals surface area contributed by atoms with Gasteiger partial charge in [0, 0.05) is 16.7 Å². The third kappa shape index (κ3) is 2.85. The molecule has 7 heteroatoms. The van der Waals surface area contributed by atoms with Crippen LogP contribution < -0.4 is 5.32 Å². The number of benzene rings is 3. The number of carbonyl (C=O) groups excluding carboxylic acids is 1. The molecule has 1 amide bonds. The molecule has 1 aromatic heterocycles. The first-order chi connectivity index (χ1) is 14.4. The fourth-order valence-corrected chi connectivity index (χ4v) is 5.83. The maximum absolute atomic E-state index is 12.8. The first-order valence-electron chi connectivity index (χ1n) is 9.55. The quantitative estimate of drug-likeness (QED) is 0.412. The lowest BCUT2D eigenvalue weighted by Gasteiger charge is -2.09. The van der Waals surface area contributed by atoms with Crippen molar-refractivity contribution in [2.45, 2.75) is 24.0 Å². The van der Waals surface area contributed by atoms with Gasteiger partial charge >= 0.3 is 0 Å². The van der Waals surface area contributed by atoms with Gasteiger partial charge in [0.25, 0.3) is 5.91 Å². The zero-order valence-corrected chi connectivity index (χ0v) is 18.0. The highest BCUT2D eigenvalue weighted by Gasteiger charge is 2.26. The second-order valence-electron chi connectivity index (χ2n) is 7.48. The van der Waals surface area contributed by atoms with Gasteiger partial charge in [-0.15, -0.1) is 0 Å². The molecule has 0 radical (unpaired) electrons. The van der Waals surface area contributed by atoms with Crippen molar-refractivity contribution in [2.75, 3.05) is 5.32 Å². The molecular weight excluding hydrogens is 416 g/mol. The van der Waals surface area contributed by atoms with Crippen LogP contribution in [-0.4, -0.2) is 24.6 Å². The summed E-state index contributed by atoms with van der Waals surface area (Å²) in [6.07, 6.45) is 0. The number of thiazole rings is 1. The van der Waals surface area contributed by atoms with Crippen molar-refractivity contribution in [1.29, 1.82) is 0 Å². The van der Waals surface area contributed by atoms with E-state index in [-0.39, 0.29) is 16.4 Å². The highest BCUT2D eigenvalue weighted by Crippen LogP contribution is 2.50. The Labute approximate surface area is 178 Å². The van der Waals surface area contributed by atoms with Crippen LogP contribution in [0, 0.1) is 0 Å². The minimum Gasteiger partial charge on any atom is -0.298 e. The number of nitrogens with one attached hydrogen (secondary N) is 1. The van der Waals surface area contributed by atoms with E-state index >= 15 is 0 Å². The Hall–Kier alpha value is -3.03. The van der Waals surface area contributed by atoms with E-state index in [0.29, 0.717) is 5.13 Å². The van der Waals surface area contributed by atoms with Crippen LogP contribution in [0.2, 0.25) is 0 Å². The van der Waals surface area contributed by atoms with Gasteiger partial charge in [-0.1, -0.05) is 53.8 Å². The molecule has 0 atom stereocenters. The second-order valence-corrected chi connectivity index (χ2v) is 11.0. The fourth-order valence-electron chi connectivity index (χ4n) is 3.72. The van der Waals surface area contributed by atoms with Gasteiger partial charge < -0.3 is 0 Å². The Morgan fingerprint density at radius 3 is 2.43 bits per heavy atom. The third-order valence-corrected chi connectivity index (χ3v) is 8.45. The van der Waals surface area contributed by atoms with E-state index in [1.165, 1.54) is 34.2 Å². The van der Waals surface area contributed by atoms with Crippen LogP contribution >= 0.6 is 11.3 Å². The van der Waals surface area contributed by atoms with Crippen LogP contribution in [0.4, 0.5) is 5.13 Å². The van der Waals surface area contributed by atoms with E-state index in [0.717, 1.165) is 21.7 Å². The van der Waals surface area contributed by atoms with Crippen LogP contribution in [0.3, 0.4) is 0 Å². The van der Waals surface area contributed by atoms with Gasteiger partial charge in [-0.25, -0.2) is 13.4 Å². The number of sulfone groups is 1. The van der Waals surface area contributed by atoms with Gasteiger partial charge in [-0.3, -0.25) is 10.1 Å². The fraction of sp³-hybridized carbons (Fsp3) is 0.130. The molecule has 0 fully saturated rings. The average Bonchev–Trinajstić information content (AvgIpc) is 3.27. The molecule has 5 rings (SSSR count). The van der Waals surface area contributed by atoms with Crippen molar-refractivity contribution < 1.29 is 13.2 Å². The summed E-state index contributed by atoms with van der Waals surface area (Å²) in [7, 11) is -3.45. The smallest absolute Gasteiger partial charge is 0.257 e. The molecule has 0 saturated carbocycles. The molecule has 150 valence electrons. The van der Waals surface area contributed by atoms with Crippen molar-refractivity contribution in [3.05, 3.63) is 66.2 Å². The highest BCUT2D eigenvalue weighted by atomic mass is 32.2. The predicted molar refractivity (Wildman–Crippen MR) is 121 cm³/mol. The molecular formula is C23H18N2O3S2. The number of aromatic nitrogens is 1. The molecule has 30 heavy (non-hydrogen) atoms. The number of hydrogen-bond acceptors (Lipinski definition) is 5. The average molecular weight is 435 g/mol. The topological polar surface area (TPSA) is 76.1 Å². The number of amides is 1. The Balaban J connectivity index is 1.47.